The third-order valence-electron chi connectivity index (χ3n) is 1.49. The summed E-state index contributed by atoms with van der Waals surface area (Å²) >= 11 is 0. The highest BCUT2D eigenvalue weighted by Gasteiger charge is 2.28. The average molecular weight is 263 g/mol. The van der Waals surface area contributed by atoms with Gasteiger partial charge < -0.3 is 17.2 Å². The smallest absolute Gasteiger partial charge is 0.385 e. The highest BCUT2D eigenvalue weighted by atomic mass is 32.3. The molecule has 0 aromatic heterocycles. The number of hydrogen-bond acceptors (Lipinski definition) is 9. The first-order valence-electron chi connectivity index (χ1n) is 3.97. The van der Waals surface area contributed by atoms with E-state index in [2.05, 4.69) is 20.0 Å². The van der Waals surface area contributed by atoms with Gasteiger partial charge in [-0.05, 0) is 0 Å². The van der Waals surface area contributed by atoms with Crippen LogP contribution in [0.1, 0.15) is 0 Å². The Morgan fingerprint density at radius 2 is 1.53 bits per heavy atom. The van der Waals surface area contributed by atoms with Gasteiger partial charge in [0.2, 0.25) is 11.9 Å². The molecule has 12 heteroatoms. The van der Waals surface area contributed by atoms with Crippen LogP contribution in [0.2, 0.25) is 0 Å². The van der Waals surface area contributed by atoms with E-state index in [4.69, 9.17) is 34.7 Å². The van der Waals surface area contributed by atoms with E-state index in [1.165, 1.54) is 0 Å². The predicted molar refractivity (Wildman–Crippen MR) is 60.3 cm³/mol. The van der Waals surface area contributed by atoms with E-state index in [0.29, 0.717) is 5.84 Å². The molecular formula is C5H9N7O4S. The number of rotatable bonds is 0. The Balaban J connectivity index is 0.000000249. The second-order valence-electron chi connectivity index (χ2n) is 2.81. The zero-order valence-corrected chi connectivity index (χ0v) is 9.03. The molecule has 2 aliphatic heterocycles. The van der Waals surface area contributed by atoms with E-state index in [1.54, 1.807) is 0 Å². The Bertz CT molecular complexity index is 534. The topological polar surface area (TPSA) is 202 Å². The largest absolute Gasteiger partial charge is 0.394 e. The van der Waals surface area contributed by atoms with Crippen molar-refractivity contribution < 1.29 is 17.5 Å². The first kappa shape index (κ1) is 13.0. The molecule has 17 heavy (non-hydrogen) atoms. The molecule has 2 aliphatic rings. The SMILES string of the molecule is NC1=NC2=NC(N)=NC2C(N)=N1.O=S(=O)(O)O. The van der Waals surface area contributed by atoms with Gasteiger partial charge in [0, 0.05) is 0 Å². The fraction of sp³-hybridized carbons (Fsp3) is 0.200. The van der Waals surface area contributed by atoms with Crippen LogP contribution in [0.15, 0.2) is 20.0 Å². The number of aliphatic imine (C=N–C) groups is 4. The number of fused-ring (bicyclic) bond motifs is 1. The van der Waals surface area contributed by atoms with Crippen molar-refractivity contribution in [3.8, 4) is 0 Å². The molecule has 2 rings (SSSR count). The van der Waals surface area contributed by atoms with Crippen LogP contribution in [0.3, 0.4) is 0 Å². The fourth-order valence-electron chi connectivity index (χ4n) is 1.02. The molecule has 0 radical (unpaired) electrons. The fourth-order valence-corrected chi connectivity index (χ4v) is 1.02. The van der Waals surface area contributed by atoms with Crippen LogP contribution in [0.4, 0.5) is 0 Å². The molecule has 0 saturated heterocycles. The van der Waals surface area contributed by atoms with Gasteiger partial charge in [0.05, 0.1) is 0 Å². The van der Waals surface area contributed by atoms with Crippen molar-refractivity contribution in [3.05, 3.63) is 0 Å². The van der Waals surface area contributed by atoms with E-state index in [9.17, 15) is 0 Å². The Morgan fingerprint density at radius 3 is 2.06 bits per heavy atom. The molecule has 0 saturated carbocycles. The number of hydrogen-bond donors (Lipinski definition) is 5. The molecule has 11 nitrogen and oxygen atoms in total. The predicted octanol–water partition coefficient (Wildman–Crippen LogP) is -2.89. The van der Waals surface area contributed by atoms with Gasteiger partial charge in [-0.25, -0.2) is 4.99 Å². The van der Waals surface area contributed by atoms with Crippen LogP contribution in [0.25, 0.3) is 0 Å². The van der Waals surface area contributed by atoms with Crippen LogP contribution in [-0.2, 0) is 10.4 Å². The van der Waals surface area contributed by atoms with Gasteiger partial charge >= 0.3 is 10.4 Å². The summed E-state index contributed by atoms with van der Waals surface area (Å²) in [4.78, 5) is 15.3. The van der Waals surface area contributed by atoms with E-state index in [0.717, 1.165) is 0 Å². The highest BCUT2D eigenvalue weighted by molar-refractivity contribution is 7.79. The van der Waals surface area contributed by atoms with Gasteiger partial charge in [0.1, 0.15) is 5.84 Å². The van der Waals surface area contributed by atoms with Gasteiger partial charge in [-0.15, -0.1) is 0 Å². The zero-order chi connectivity index (χ0) is 13.2. The molecular weight excluding hydrogens is 254 g/mol. The van der Waals surface area contributed by atoms with E-state index < -0.39 is 16.4 Å². The number of guanidine groups is 2. The molecule has 0 amide bonds. The van der Waals surface area contributed by atoms with E-state index in [1.807, 2.05) is 0 Å². The summed E-state index contributed by atoms with van der Waals surface area (Å²) in [6, 6.07) is -0.433. The van der Waals surface area contributed by atoms with Crippen molar-refractivity contribution in [3.63, 3.8) is 0 Å². The number of amidine groups is 2. The Morgan fingerprint density at radius 1 is 1.00 bits per heavy atom. The lowest BCUT2D eigenvalue weighted by atomic mass is 10.2. The number of nitrogens with two attached hydrogens (primary N) is 3. The lowest BCUT2D eigenvalue weighted by Crippen LogP contribution is -2.38. The minimum Gasteiger partial charge on any atom is -0.385 e. The van der Waals surface area contributed by atoms with Gasteiger partial charge in [0.25, 0.3) is 0 Å². The minimum atomic E-state index is -4.67. The van der Waals surface area contributed by atoms with Crippen LogP contribution >= 0.6 is 0 Å². The maximum atomic E-state index is 8.74. The van der Waals surface area contributed by atoms with Gasteiger partial charge in [-0.2, -0.15) is 23.4 Å². The van der Waals surface area contributed by atoms with Gasteiger partial charge in [0.15, 0.2) is 11.9 Å². The maximum absolute atomic E-state index is 8.74. The Kier molecular flexibility index (Phi) is 3.40. The normalized spacial score (nSPS) is 22.4. The summed E-state index contributed by atoms with van der Waals surface area (Å²) in [5.41, 5.74) is 16.2. The van der Waals surface area contributed by atoms with E-state index >= 15 is 0 Å². The molecule has 0 bridgehead atoms. The van der Waals surface area contributed by atoms with Crippen molar-refractivity contribution in [2.75, 3.05) is 0 Å². The molecule has 0 spiro atoms. The molecule has 0 aliphatic carbocycles. The van der Waals surface area contributed by atoms with Crippen molar-refractivity contribution >= 4 is 34.0 Å². The lowest BCUT2D eigenvalue weighted by Gasteiger charge is -2.10. The second kappa shape index (κ2) is 4.44. The van der Waals surface area contributed by atoms with Crippen molar-refractivity contribution in [1.29, 1.82) is 0 Å². The summed E-state index contributed by atoms with van der Waals surface area (Å²) in [7, 11) is -4.67. The third-order valence-corrected chi connectivity index (χ3v) is 1.49. The van der Waals surface area contributed by atoms with Crippen molar-refractivity contribution in [1.82, 2.24) is 0 Å². The molecule has 2 heterocycles. The molecule has 0 aromatic carbocycles. The highest BCUT2D eigenvalue weighted by Crippen LogP contribution is 2.09. The monoisotopic (exact) mass is 263 g/mol. The quantitative estimate of drug-likeness (QED) is 0.288. The Labute approximate surface area is 95.4 Å². The summed E-state index contributed by atoms with van der Waals surface area (Å²) in [6.45, 7) is 0. The molecule has 1 atom stereocenters. The lowest BCUT2D eigenvalue weighted by molar-refractivity contribution is 0.381. The molecule has 8 N–H and O–H groups in total. The summed E-state index contributed by atoms with van der Waals surface area (Å²) in [5, 5.41) is 0. The van der Waals surface area contributed by atoms with Crippen molar-refractivity contribution in [2.24, 2.45) is 37.2 Å². The van der Waals surface area contributed by atoms with Crippen LogP contribution < -0.4 is 17.2 Å². The van der Waals surface area contributed by atoms with Crippen LogP contribution in [0, 0.1) is 0 Å². The zero-order valence-electron chi connectivity index (χ0n) is 8.22. The Hall–Kier alpha value is -2.05. The van der Waals surface area contributed by atoms with Crippen molar-refractivity contribution in [2.45, 2.75) is 6.04 Å². The van der Waals surface area contributed by atoms with Crippen LogP contribution in [0.5, 0.6) is 0 Å². The second-order valence-corrected chi connectivity index (χ2v) is 3.71. The van der Waals surface area contributed by atoms with Gasteiger partial charge in [-0.3, -0.25) is 9.11 Å². The standard InChI is InChI=1S/C5H7N7.H2O4S/c6-2-1-3(11-4(7)9-1)12-5(8)10-2;1-5(2,3)4/h1H,(H6,6,7,8,9,10,11,12);(H2,1,2,3,4). The molecule has 0 fully saturated rings. The average Bonchev–Trinajstić information content (AvgIpc) is 2.42. The minimum absolute atomic E-state index is 0.0902. The summed E-state index contributed by atoms with van der Waals surface area (Å²) < 4.78 is 31.6. The molecule has 94 valence electrons. The third kappa shape index (κ3) is 4.13. The summed E-state index contributed by atoms with van der Waals surface area (Å²) in [6.07, 6.45) is 0. The van der Waals surface area contributed by atoms with E-state index in [-0.39, 0.29) is 17.8 Å². The first-order chi connectivity index (χ1) is 7.66. The first-order valence-corrected chi connectivity index (χ1v) is 5.36. The van der Waals surface area contributed by atoms with Crippen LogP contribution in [-0.4, -0.2) is 47.2 Å². The molecule has 1 unspecified atom stereocenters. The molecule has 0 aromatic rings. The van der Waals surface area contributed by atoms with Gasteiger partial charge in [-0.1, -0.05) is 0 Å². The summed E-state index contributed by atoms with van der Waals surface area (Å²) in [5.74, 6) is 0.943. The number of nitrogens with zero attached hydrogens (tertiary/aromatic N) is 4. The maximum Gasteiger partial charge on any atom is 0.394 e.